The predicted molar refractivity (Wildman–Crippen MR) is 87.2 cm³/mol. The molecule has 0 radical (unpaired) electrons. The monoisotopic (exact) mass is 278 g/mol. The Morgan fingerprint density at radius 2 is 2.11 bits per heavy atom. The van der Waals surface area contributed by atoms with Crippen molar-refractivity contribution in [1.29, 1.82) is 0 Å². The first-order valence-electron chi connectivity index (χ1n) is 7.47. The molecule has 1 unspecified atom stereocenters. The van der Waals surface area contributed by atoms with Gasteiger partial charge in [0.15, 0.2) is 0 Å². The van der Waals surface area contributed by atoms with Gasteiger partial charge in [0.2, 0.25) is 0 Å². The van der Waals surface area contributed by atoms with Crippen LogP contribution in [0.15, 0.2) is 17.7 Å². The number of likely N-dealkylation sites (N-methyl/N-ethyl adjacent to an activating group) is 1. The molecule has 0 aliphatic carbocycles. The topological polar surface area (TPSA) is 15.3 Å². The summed E-state index contributed by atoms with van der Waals surface area (Å²) < 4.78 is 0. The molecule has 1 aliphatic heterocycles. The van der Waals surface area contributed by atoms with E-state index in [-0.39, 0.29) is 0 Å². The Bertz CT molecular complexity index is 416. The number of hydrogen-bond acceptors (Lipinski definition) is 3. The number of nitrogens with zero attached hydrogens (tertiary/aromatic N) is 1. The van der Waals surface area contributed by atoms with Gasteiger partial charge in [-0.25, -0.2) is 0 Å². The van der Waals surface area contributed by atoms with E-state index in [0.717, 1.165) is 6.54 Å². The maximum atomic E-state index is 3.46. The van der Waals surface area contributed by atoms with Crippen molar-refractivity contribution >= 4 is 22.4 Å². The molecule has 0 aromatic carbocycles. The van der Waals surface area contributed by atoms with E-state index < -0.39 is 0 Å². The SMILES string of the molecule is CCNC(C)/C(C)=C/c1ccc(N2CCCCC2)s1. The largest absolute Gasteiger partial charge is 0.363 e. The lowest BCUT2D eigenvalue weighted by Crippen LogP contribution is -2.28. The maximum absolute atomic E-state index is 3.46. The van der Waals surface area contributed by atoms with Crippen LogP contribution in [0.25, 0.3) is 6.08 Å². The maximum Gasteiger partial charge on any atom is 0.0914 e. The molecule has 0 spiro atoms. The highest BCUT2D eigenvalue weighted by Crippen LogP contribution is 2.30. The summed E-state index contributed by atoms with van der Waals surface area (Å²) in [5.41, 5.74) is 1.41. The lowest BCUT2D eigenvalue weighted by atomic mass is 10.1. The zero-order valence-corrected chi connectivity index (χ0v) is 13.2. The summed E-state index contributed by atoms with van der Waals surface area (Å²) in [6.07, 6.45) is 6.42. The molecule has 2 heterocycles. The second-order valence-electron chi connectivity index (χ2n) is 5.39. The standard InChI is InChI=1S/C16H26N2S/c1-4-17-14(3)13(2)12-15-8-9-16(19-15)18-10-6-5-7-11-18/h8-9,12,14,17H,4-7,10-11H2,1-3H3/b13-12+. The van der Waals surface area contributed by atoms with Crippen LogP contribution in [0.4, 0.5) is 5.00 Å². The van der Waals surface area contributed by atoms with Crippen LogP contribution in [0.1, 0.15) is 44.9 Å². The van der Waals surface area contributed by atoms with E-state index in [2.05, 4.69) is 49.2 Å². The molecule has 2 rings (SSSR count). The molecule has 19 heavy (non-hydrogen) atoms. The third-order valence-corrected chi connectivity index (χ3v) is 4.94. The van der Waals surface area contributed by atoms with E-state index in [9.17, 15) is 0 Å². The summed E-state index contributed by atoms with van der Waals surface area (Å²) in [5, 5.41) is 4.90. The van der Waals surface area contributed by atoms with E-state index in [4.69, 9.17) is 0 Å². The van der Waals surface area contributed by atoms with Gasteiger partial charge in [0, 0.05) is 24.0 Å². The second-order valence-corrected chi connectivity index (χ2v) is 6.49. The third kappa shape index (κ3) is 4.08. The van der Waals surface area contributed by atoms with Crippen LogP contribution >= 0.6 is 11.3 Å². The average molecular weight is 278 g/mol. The summed E-state index contributed by atoms with van der Waals surface area (Å²) in [6.45, 7) is 10.1. The number of rotatable bonds is 5. The van der Waals surface area contributed by atoms with Crippen LogP contribution in [-0.4, -0.2) is 25.7 Å². The lowest BCUT2D eigenvalue weighted by molar-refractivity contribution is 0.580. The molecule has 1 fully saturated rings. The van der Waals surface area contributed by atoms with Crippen LogP contribution < -0.4 is 10.2 Å². The fourth-order valence-corrected chi connectivity index (χ4v) is 3.59. The Morgan fingerprint density at radius 1 is 1.37 bits per heavy atom. The van der Waals surface area contributed by atoms with E-state index in [1.165, 1.54) is 47.8 Å². The minimum absolute atomic E-state index is 0.463. The number of thiophene rings is 1. The summed E-state index contributed by atoms with van der Waals surface area (Å²) in [5.74, 6) is 0. The molecule has 0 saturated carbocycles. The number of piperidine rings is 1. The van der Waals surface area contributed by atoms with Gasteiger partial charge in [0.05, 0.1) is 5.00 Å². The Morgan fingerprint density at radius 3 is 2.79 bits per heavy atom. The van der Waals surface area contributed by atoms with Crippen LogP contribution in [0.5, 0.6) is 0 Å². The molecule has 3 heteroatoms. The molecular weight excluding hydrogens is 252 g/mol. The number of nitrogens with one attached hydrogen (secondary N) is 1. The van der Waals surface area contributed by atoms with Gasteiger partial charge >= 0.3 is 0 Å². The highest BCUT2D eigenvalue weighted by molar-refractivity contribution is 7.16. The molecule has 0 bridgehead atoms. The van der Waals surface area contributed by atoms with Crippen LogP contribution in [0, 0.1) is 0 Å². The first-order valence-corrected chi connectivity index (χ1v) is 8.28. The lowest BCUT2D eigenvalue weighted by Gasteiger charge is -2.27. The first kappa shape index (κ1) is 14.6. The van der Waals surface area contributed by atoms with Crippen molar-refractivity contribution < 1.29 is 0 Å². The van der Waals surface area contributed by atoms with E-state index in [1.807, 2.05) is 11.3 Å². The molecule has 1 aromatic rings. The van der Waals surface area contributed by atoms with Crippen LogP contribution in [0.3, 0.4) is 0 Å². The van der Waals surface area contributed by atoms with Gasteiger partial charge in [0.25, 0.3) is 0 Å². The zero-order valence-electron chi connectivity index (χ0n) is 12.4. The molecule has 1 atom stereocenters. The Kier molecular flexibility index (Phi) is 5.46. The quantitative estimate of drug-likeness (QED) is 0.871. The normalized spacial score (nSPS) is 18.7. The van der Waals surface area contributed by atoms with E-state index in [0.29, 0.717) is 6.04 Å². The molecule has 0 amide bonds. The van der Waals surface area contributed by atoms with E-state index in [1.54, 1.807) is 0 Å². The van der Waals surface area contributed by atoms with E-state index >= 15 is 0 Å². The van der Waals surface area contributed by atoms with Crippen molar-refractivity contribution in [2.24, 2.45) is 0 Å². The summed E-state index contributed by atoms with van der Waals surface area (Å²) in [4.78, 5) is 3.91. The molecular formula is C16H26N2S. The van der Waals surface area contributed by atoms with Gasteiger partial charge in [-0.15, -0.1) is 11.3 Å². The highest BCUT2D eigenvalue weighted by Gasteiger charge is 2.12. The average Bonchev–Trinajstić information content (AvgIpc) is 2.88. The van der Waals surface area contributed by atoms with Gasteiger partial charge in [0.1, 0.15) is 0 Å². The Balaban J connectivity index is 2.01. The number of hydrogen-bond donors (Lipinski definition) is 1. The second kappa shape index (κ2) is 7.11. The van der Waals surface area contributed by atoms with Crippen molar-refractivity contribution in [3.63, 3.8) is 0 Å². The fourth-order valence-electron chi connectivity index (χ4n) is 2.52. The molecule has 2 nitrogen and oxygen atoms in total. The molecule has 1 aliphatic rings. The molecule has 1 N–H and O–H groups in total. The molecule has 1 aromatic heterocycles. The highest BCUT2D eigenvalue weighted by atomic mass is 32.1. The van der Waals surface area contributed by atoms with Crippen LogP contribution in [-0.2, 0) is 0 Å². The third-order valence-electron chi connectivity index (χ3n) is 3.84. The summed E-state index contributed by atoms with van der Waals surface area (Å²) >= 11 is 1.92. The van der Waals surface area contributed by atoms with Gasteiger partial charge in [-0.2, -0.15) is 0 Å². The smallest absolute Gasteiger partial charge is 0.0914 e. The van der Waals surface area contributed by atoms with Crippen molar-refractivity contribution in [2.75, 3.05) is 24.5 Å². The minimum atomic E-state index is 0.463. The van der Waals surface area contributed by atoms with Crippen LogP contribution in [0.2, 0.25) is 0 Å². The Hall–Kier alpha value is -0.800. The number of anilines is 1. The van der Waals surface area contributed by atoms with Gasteiger partial charge in [-0.1, -0.05) is 12.5 Å². The van der Waals surface area contributed by atoms with Gasteiger partial charge < -0.3 is 10.2 Å². The Labute approximate surface area is 121 Å². The van der Waals surface area contributed by atoms with Crippen molar-refractivity contribution in [3.05, 3.63) is 22.6 Å². The van der Waals surface area contributed by atoms with Crippen molar-refractivity contribution in [1.82, 2.24) is 5.32 Å². The minimum Gasteiger partial charge on any atom is -0.363 e. The summed E-state index contributed by atoms with van der Waals surface area (Å²) in [7, 11) is 0. The van der Waals surface area contributed by atoms with Crippen molar-refractivity contribution in [2.45, 2.75) is 46.1 Å². The molecule has 106 valence electrons. The van der Waals surface area contributed by atoms with Gasteiger partial charge in [-0.3, -0.25) is 0 Å². The fraction of sp³-hybridized carbons (Fsp3) is 0.625. The first-order chi connectivity index (χ1) is 9.20. The van der Waals surface area contributed by atoms with Gasteiger partial charge in [-0.05, 0) is 57.9 Å². The summed E-state index contributed by atoms with van der Waals surface area (Å²) in [6, 6.07) is 5.01. The zero-order chi connectivity index (χ0) is 13.7. The predicted octanol–water partition coefficient (Wildman–Crippen LogP) is 4.14. The van der Waals surface area contributed by atoms with Crippen molar-refractivity contribution in [3.8, 4) is 0 Å². The molecule has 1 saturated heterocycles.